The Balaban J connectivity index is 2.01. The molecule has 0 radical (unpaired) electrons. The number of benzene rings is 1. The van der Waals surface area contributed by atoms with E-state index in [-0.39, 0.29) is 5.92 Å². The summed E-state index contributed by atoms with van der Waals surface area (Å²) in [5.74, 6) is -0.0840. The first-order valence-corrected chi connectivity index (χ1v) is 7.44. The second-order valence-corrected chi connectivity index (χ2v) is 5.36. The maximum atomic E-state index is 11.3. The molecule has 1 aromatic heterocycles. The van der Waals surface area contributed by atoms with E-state index in [1.165, 1.54) is 0 Å². The van der Waals surface area contributed by atoms with Crippen LogP contribution in [0.2, 0.25) is 0 Å². The van der Waals surface area contributed by atoms with E-state index in [4.69, 9.17) is 0 Å². The van der Waals surface area contributed by atoms with Crippen LogP contribution in [-0.2, 0) is 11.3 Å². The van der Waals surface area contributed by atoms with Gasteiger partial charge in [0.25, 0.3) is 0 Å². The highest BCUT2D eigenvalue weighted by molar-refractivity contribution is 5.73. The quantitative estimate of drug-likeness (QED) is 0.822. The van der Waals surface area contributed by atoms with Gasteiger partial charge in [-0.1, -0.05) is 50.6 Å². The van der Waals surface area contributed by atoms with Gasteiger partial charge in [0.2, 0.25) is 0 Å². The zero-order valence-electron chi connectivity index (χ0n) is 12.9. The smallest absolute Gasteiger partial charge is 0.320 e. The number of hydrogen-bond acceptors (Lipinski definition) is 4. The third-order valence-corrected chi connectivity index (χ3v) is 3.74. The van der Waals surface area contributed by atoms with Crippen LogP contribution in [0.25, 0.3) is 11.4 Å². The molecule has 116 valence electrons. The summed E-state index contributed by atoms with van der Waals surface area (Å²) in [6.45, 7) is 4.36. The van der Waals surface area contributed by atoms with Crippen molar-refractivity contribution in [1.82, 2.24) is 15.3 Å². The van der Waals surface area contributed by atoms with E-state index in [1.54, 1.807) is 12.4 Å². The van der Waals surface area contributed by atoms with Crippen molar-refractivity contribution in [3.63, 3.8) is 0 Å². The van der Waals surface area contributed by atoms with Crippen molar-refractivity contribution in [2.75, 3.05) is 0 Å². The fourth-order valence-corrected chi connectivity index (χ4v) is 2.18. The minimum absolute atomic E-state index is 0.0713. The molecule has 1 aromatic carbocycles. The Bertz CT molecular complexity index is 599. The largest absolute Gasteiger partial charge is 0.480 e. The molecule has 5 nitrogen and oxygen atoms in total. The van der Waals surface area contributed by atoms with Gasteiger partial charge in [-0.2, -0.15) is 0 Å². The van der Waals surface area contributed by atoms with Crippen LogP contribution in [-0.4, -0.2) is 27.1 Å². The van der Waals surface area contributed by atoms with E-state index in [2.05, 4.69) is 15.3 Å². The highest BCUT2D eigenvalue weighted by Crippen LogP contribution is 2.13. The molecule has 0 saturated carbocycles. The molecule has 2 atom stereocenters. The zero-order valence-corrected chi connectivity index (χ0v) is 12.9. The minimum atomic E-state index is -0.823. The summed E-state index contributed by atoms with van der Waals surface area (Å²) in [4.78, 5) is 19.9. The van der Waals surface area contributed by atoms with Gasteiger partial charge in [-0.3, -0.25) is 10.1 Å². The number of carboxylic acid groups (broad SMARTS) is 1. The Kier molecular flexibility index (Phi) is 5.61. The summed E-state index contributed by atoms with van der Waals surface area (Å²) in [5, 5.41) is 12.3. The highest BCUT2D eigenvalue weighted by atomic mass is 16.4. The van der Waals surface area contributed by atoms with Crippen molar-refractivity contribution < 1.29 is 9.90 Å². The topological polar surface area (TPSA) is 75.1 Å². The van der Waals surface area contributed by atoms with E-state index in [9.17, 15) is 9.90 Å². The maximum absolute atomic E-state index is 11.3. The molecule has 2 rings (SSSR count). The van der Waals surface area contributed by atoms with Gasteiger partial charge in [0.15, 0.2) is 5.82 Å². The number of carboxylic acids is 1. The molecule has 2 aromatic rings. The molecule has 5 heteroatoms. The lowest BCUT2D eigenvalue weighted by Gasteiger charge is -2.20. The number of hydrogen-bond donors (Lipinski definition) is 2. The fraction of sp³-hybridized carbons (Fsp3) is 0.353. The highest BCUT2D eigenvalue weighted by Gasteiger charge is 2.22. The van der Waals surface area contributed by atoms with Crippen LogP contribution in [0.4, 0.5) is 0 Å². The van der Waals surface area contributed by atoms with Gasteiger partial charge in [-0.25, -0.2) is 9.97 Å². The van der Waals surface area contributed by atoms with E-state index in [1.807, 2.05) is 44.2 Å². The summed E-state index contributed by atoms with van der Waals surface area (Å²) in [6.07, 6.45) is 4.28. The standard InChI is InChI=1S/C17H21N3O2/c1-3-12(2)15(17(21)22)18-9-13-10-19-16(20-11-13)14-7-5-4-6-8-14/h4-8,10-12,15,18H,3,9H2,1-2H3,(H,21,22). The van der Waals surface area contributed by atoms with E-state index in [0.717, 1.165) is 17.5 Å². The van der Waals surface area contributed by atoms with E-state index < -0.39 is 12.0 Å². The van der Waals surface area contributed by atoms with E-state index >= 15 is 0 Å². The minimum Gasteiger partial charge on any atom is -0.480 e. The molecule has 22 heavy (non-hydrogen) atoms. The van der Waals surface area contributed by atoms with Crippen molar-refractivity contribution >= 4 is 5.97 Å². The first-order valence-electron chi connectivity index (χ1n) is 7.44. The molecule has 0 amide bonds. The predicted octanol–water partition coefficient (Wildman–Crippen LogP) is 2.73. The molecule has 0 bridgehead atoms. The zero-order chi connectivity index (χ0) is 15.9. The van der Waals surface area contributed by atoms with E-state index in [0.29, 0.717) is 12.4 Å². The number of rotatable bonds is 7. The van der Waals surface area contributed by atoms with Gasteiger partial charge in [0, 0.05) is 30.1 Å². The van der Waals surface area contributed by atoms with Crippen LogP contribution in [0, 0.1) is 5.92 Å². The van der Waals surface area contributed by atoms with Crippen LogP contribution >= 0.6 is 0 Å². The molecule has 0 fully saturated rings. The normalized spacial score (nSPS) is 13.5. The Morgan fingerprint density at radius 2 is 1.86 bits per heavy atom. The molecule has 0 aliphatic carbocycles. The van der Waals surface area contributed by atoms with Crippen LogP contribution < -0.4 is 5.32 Å². The molecule has 2 N–H and O–H groups in total. The molecule has 0 spiro atoms. The maximum Gasteiger partial charge on any atom is 0.320 e. The summed E-state index contributed by atoms with van der Waals surface area (Å²) in [7, 11) is 0. The predicted molar refractivity (Wildman–Crippen MR) is 85.2 cm³/mol. The first kappa shape index (κ1) is 16.1. The van der Waals surface area contributed by atoms with Crippen molar-refractivity contribution in [3.05, 3.63) is 48.3 Å². The van der Waals surface area contributed by atoms with Crippen molar-refractivity contribution in [2.24, 2.45) is 5.92 Å². The monoisotopic (exact) mass is 299 g/mol. The molecule has 0 saturated heterocycles. The number of aromatic nitrogens is 2. The number of nitrogens with zero attached hydrogens (tertiary/aromatic N) is 2. The number of aliphatic carboxylic acids is 1. The SMILES string of the molecule is CCC(C)C(NCc1cnc(-c2ccccc2)nc1)C(=O)O. The van der Waals surface area contributed by atoms with Crippen LogP contribution in [0.3, 0.4) is 0 Å². The fourth-order valence-electron chi connectivity index (χ4n) is 2.18. The molecule has 0 aliphatic heterocycles. The molecular weight excluding hydrogens is 278 g/mol. The lowest BCUT2D eigenvalue weighted by molar-refractivity contribution is -0.140. The summed E-state index contributed by atoms with van der Waals surface area (Å²) in [5.41, 5.74) is 1.83. The van der Waals surface area contributed by atoms with Crippen LogP contribution in [0.15, 0.2) is 42.7 Å². The first-order chi connectivity index (χ1) is 10.6. The van der Waals surface area contributed by atoms with Gasteiger partial charge >= 0.3 is 5.97 Å². The Morgan fingerprint density at radius 1 is 1.23 bits per heavy atom. The third-order valence-electron chi connectivity index (χ3n) is 3.74. The van der Waals surface area contributed by atoms with Gasteiger partial charge in [-0.15, -0.1) is 0 Å². The third kappa shape index (κ3) is 4.11. The van der Waals surface area contributed by atoms with Crippen molar-refractivity contribution in [1.29, 1.82) is 0 Å². The summed E-state index contributed by atoms with van der Waals surface area (Å²) in [6, 6.07) is 9.18. The van der Waals surface area contributed by atoms with Gasteiger partial charge in [0.05, 0.1) is 0 Å². The lowest BCUT2D eigenvalue weighted by Crippen LogP contribution is -2.41. The Hall–Kier alpha value is -2.27. The second kappa shape index (κ2) is 7.66. The number of nitrogens with one attached hydrogen (secondary N) is 1. The number of carbonyl (C=O) groups is 1. The average molecular weight is 299 g/mol. The average Bonchev–Trinajstić information content (AvgIpc) is 2.56. The lowest BCUT2D eigenvalue weighted by atomic mass is 9.99. The Labute approximate surface area is 130 Å². The second-order valence-electron chi connectivity index (χ2n) is 5.36. The molecule has 0 aliphatic rings. The molecular formula is C17H21N3O2. The Morgan fingerprint density at radius 3 is 2.41 bits per heavy atom. The van der Waals surface area contributed by atoms with Gasteiger partial charge < -0.3 is 5.11 Å². The van der Waals surface area contributed by atoms with Crippen LogP contribution in [0.5, 0.6) is 0 Å². The molecule has 2 unspecified atom stereocenters. The summed E-state index contributed by atoms with van der Waals surface area (Å²) >= 11 is 0. The van der Waals surface area contributed by atoms with Gasteiger partial charge in [-0.05, 0) is 5.92 Å². The van der Waals surface area contributed by atoms with Crippen LogP contribution in [0.1, 0.15) is 25.8 Å². The van der Waals surface area contributed by atoms with Crippen molar-refractivity contribution in [3.8, 4) is 11.4 Å². The summed E-state index contributed by atoms with van der Waals surface area (Å²) < 4.78 is 0. The van der Waals surface area contributed by atoms with Crippen molar-refractivity contribution in [2.45, 2.75) is 32.9 Å². The molecule has 1 heterocycles. The van der Waals surface area contributed by atoms with Gasteiger partial charge in [0.1, 0.15) is 6.04 Å².